The number of benzene rings is 1. The fourth-order valence-corrected chi connectivity index (χ4v) is 2.04. The number of halogens is 1. The van der Waals surface area contributed by atoms with Crippen LogP contribution < -0.4 is 0 Å². The lowest BCUT2D eigenvalue weighted by molar-refractivity contribution is 0.544. The zero-order valence-electron chi connectivity index (χ0n) is 12.5. The van der Waals surface area contributed by atoms with Gasteiger partial charge in [0.2, 0.25) is 0 Å². The molecule has 0 saturated carbocycles. The maximum absolute atomic E-state index is 13.7. The molecule has 0 bridgehead atoms. The van der Waals surface area contributed by atoms with Crippen molar-refractivity contribution in [1.29, 1.82) is 0 Å². The van der Waals surface area contributed by atoms with Crippen LogP contribution in [0.15, 0.2) is 18.3 Å². The second kappa shape index (κ2) is 4.26. The third-order valence-corrected chi connectivity index (χ3v) is 3.13. The molecule has 2 rings (SSSR count). The second-order valence-electron chi connectivity index (χ2n) is 7.08. The summed E-state index contributed by atoms with van der Waals surface area (Å²) >= 11 is 0. The third-order valence-electron chi connectivity index (χ3n) is 3.13. The number of rotatable bonds is 0. The fourth-order valence-electron chi connectivity index (χ4n) is 2.04. The van der Waals surface area contributed by atoms with E-state index in [1.54, 1.807) is 12.3 Å². The molecule has 2 aromatic rings. The quantitative estimate of drug-likeness (QED) is 0.703. The van der Waals surface area contributed by atoms with E-state index in [-0.39, 0.29) is 16.6 Å². The molecule has 102 valence electrons. The Labute approximate surface area is 114 Å². The highest BCUT2D eigenvalue weighted by Gasteiger charge is 2.22. The van der Waals surface area contributed by atoms with Gasteiger partial charge in [0, 0.05) is 17.0 Å². The minimum atomic E-state index is -0.232. The van der Waals surface area contributed by atoms with Crippen LogP contribution in [0.1, 0.15) is 52.9 Å². The smallest absolute Gasteiger partial charge is 0.134 e. The van der Waals surface area contributed by atoms with Gasteiger partial charge in [-0.15, -0.1) is 0 Å². The predicted octanol–water partition coefficient (Wildman–Crippen LogP) is 4.36. The van der Waals surface area contributed by atoms with Gasteiger partial charge in [-0.1, -0.05) is 41.5 Å². The van der Waals surface area contributed by atoms with Crippen LogP contribution in [-0.4, -0.2) is 9.97 Å². The normalized spacial score (nSPS) is 13.0. The van der Waals surface area contributed by atoms with Gasteiger partial charge in [0.25, 0.3) is 0 Å². The number of fused-ring (bicyclic) bond motifs is 1. The summed E-state index contributed by atoms with van der Waals surface area (Å²) in [5.41, 5.74) is 1.52. The van der Waals surface area contributed by atoms with Crippen LogP contribution in [0, 0.1) is 5.82 Å². The summed E-state index contributed by atoms with van der Waals surface area (Å²) in [6.07, 6.45) is 1.72. The SMILES string of the molecule is CC(C)(C)c1ncc2cc(F)cc(C(C)(C)C)c2n1. The first-order valence-corrected chi connectivity index (χ1v) is 6.56. The van der Waals surface area contributed by atoms with Crippen LogP contribution in [0.25, 0.3) is 10.9 Å². The minimum Gasteiger partial charge on any atom is -0.240 e. The van der Waals surface area contributed by atoms with Crippen LogP contribution in [0.4, 0.5) is 4.39 Å². The van der Waals surface area contributed by atoms with Crippen molar-refractivity contribution in [3.63, 3.8) is 0 Å². The van der Waals surface area contributed by atoms with Crippen LogP contribution >= 0.6 is 0 Å². The van der Waals surface area contributed by atoms with Gasteiger partial charge >= 0.3 is 0 Å². The zero-order chi connectivity index (χ0) is 14.4. The van der Waals surface area contributed by atoms with Crippen molar-refractivity contribution in [2.45, 2.75) is 52.4 Å². The van der Waals surface area contributed by atoms with E-state index in [0.29, 0.717) is 0 Å². The molecule has 0 fully saturated rings. The largest absolute Gasteiger partial charge is 0.240 e. The molecule has 0 amide bonds. The van der Waals surface area contributed by atoms with Gasteiger partial charge < -0.3 is 0 Å². The molecule has 3 heteroatoms. The lowest BCUT2D eigenvalue weighted by Gasteiger charge is -2.22. The van der Waals surface area contributed by atoms with Crippen LogP contribution in [-0.2, 0) is 10.8 Å². The third kappa shape index (κ3) is 2.75. The van der Waals surface area contributed by atoms with Crippen LogP contribution in [0.2, 0.25) is 0 Å². The molecule has 0 saturated heterocycles. The van der Waals surface area contributed by atoms with Gasteiger partial charge in [-0.25, -0.2) is 14.4 Å². The Morgan fingerprint density at radius 2 is 1.58 bits per heavy atom. The van der Waals surface area contributed by atoms with Gasteiger partial charge in [0.05, 0.1) is 5.52 Å². The lowest BCUT2D eigenvalue weighted by atomic mass is 9.85. The molecular formula is C16H21FN2. The first-order valence-electron chi connectivity index (χ1n) is 6.56. The molecule has 0 radical (unpaired) electrons. The van der Waals surface area contributed by atoms with E-state index in [2.05, 4.69) is 51.5 Å². The van der Waals surface area contributed by atoms with Crippen LogP contribution in [0.5, 0.6) is 0 Å². The van der Waals surface area contributed by atoms with Crippen LogP contribution in [0.3, 0.4) is 0 Å². The van der Waals surface area contributed by atoms with Gasteiger partial charge in [-0.3, -0.25) is 0 Å². The molecule has 0 aliphatic rings. The summed E-state index contributed by atoms with van der Waals surface area (Å²) in [7, 11) is 0. The Balaban J connectivity index is 2.80. The Bertz CT molecular complexity index is 619. The number of hydrogen-bond acceptors (Lipinski definition) is 2. The van der Waals surface area contributed by atoms with E-state index >= 15 is 0 Å². The van der Waals surface area contributed by atoms with Gasteiger partial charge in [-0.2, -0.15) is 0 Å². The van der Waals surface area contributed by atoms with E-state index in [1.165, 1.54) is 6.07 Å². The molecule has 0 atom stereocenters. The molecule has 1 heterocycles. The highest BCUT2D eigenvalue weighted by atomic mass is 19.1. The highest BCUT2D eigenvalue weighted by molar-refractivity contribution is 5.82. The molecule has 0 spiro atoms. The van der Waals surface area contributed by atoms with Crippen molar-refractivity contribution in [1.82, 2.24) is 9.97 Å². The Hall–Kier alpha value is -1.51. The minimum absolute atomic E-state index is 0.113. The summed E-state index contributed by atoms with van der Waals surface area (Å²) in [6, 6.07) is 3.08. The molecule has 0 N–H and O–H groups in total. The summed E-state index contributed by atoms with van der Waals surface area (Å²) in [6.45, 7) is 12.4. The first kappa shape index (κ1) is 13.9. The van der Waals surface area contributed by atoms with Crippen molar-refractivity contribution >= 4 is 10.9 Å². The summed E-state index contributed by atoms with van der Waals surface area (Å²) in [4.78, 5) is 9.04. The summed E-state index contributed by atoms with van der Waals surface area (Å²) in [5, 5.41) is 0.762. The van der Waals surface area contributed by atoms with Crippen molar-refractivity contribution in [2.24, 2.45) is 0 Å². The first-order chi connectivity index (χ1) is 8.59. The lowest BCUT2D eigenvalue weighted by Crippen LogP contribution is -2.18. The Kier molecular flexibility index (Phi) is 3.12. The van der Waals surface area contributed by atoms with Crippen molar-refractivity contribution in [3.8, 4) is 0 Å². The molecule has 0 aliphatic heterocycles. The fraction of sp³-hybridized carbons (Fsp3) is 0.500. The molecule has 0 unspecified atom stereocenters. The predicted molar refractivity (Wildman–Crippen MR) is 76.9 cm³/mol. The average molecular weight is 260 g/mol. The molecular weight excluding hydrogens is 239 g/mol. The molecule has 1 aromatic heterocycles. The maximum atomic E-state index is 13.7. The molecule has 1 aromatic carbocycles. The van der Waals surface area contributed by atoms with Gasteiger partial charge in [0.1, 0.15) is 11.6 Å². The molecule has 2 nitrogen and oxygen atoms in total. The zero-order valence-corrected chi connectivity index (χ0v) is 12.5. The van der Waals surface area contributed by atoms with Gasteiger partial charge in [0.15, 0.2) is 0 Å². The van der Waals surface area contributed by atoms with Crippen molar-refractivity contribution in [2.75, 3.05) is 0 Å². The van der Waals surface area contributed by atoms with Crippen molar-refractivity contribution < 1.29 is 4.39 Å². The highest BCUT2D eigenvalue weighted by Crippen LogP contribution is 2.31. The van der Waals surface area contributed by atoms with E-state index < -0.39 is 0 Å². The number of aromatic nitrogens is 2. The van der Waals surface area contributed by atoms with E-state index in [0.717, 1.165) is 22.3 Å². The van der Waals surface area contributed by atoms with E-state index in [9.17, 15) is 4.39 Å². The van der Waals surface area contributed by atoms with Gasteiger partial charge in [-0.05, 0) is 23.1 Å². The second-order valence-corrected chi connectivity index (χ2v) is 7.08. The Morgan fingerprint density at radius 1 is 0.947 bits per heavy atom. The standard InChI is InChI=1S/C16H21FN2/c1-15(2,3)12-8-11(17)7-10-9-18-14(16(4,5)6)19-13(10)12/h7-9H,1-6H3. The summed E-state index contributed by atoms with van der Waals surface area (Å²) < 4.78 is 13.7. The monoisotopic (exact) mass is 260 g/mol. The average Bonchev–Trinajstić information content (AvgIpc) is 2.24. The summed E-state index contributed by atoms with van der Waals surface area (Å²) in [5.74, 6) is 0.557. The molecule has 19 heavy (non-hydrogen) atoms. The van der Waals surface area contributed by atoms with Crippen molar-refractivity contribution in [3.05, 3.63) is 35.5 Å². The number of hydrogen-bond donors (Lipinski definition) is 0. The maximum Gasteiger partial charge on any atom is 0.134 e. The Morgan fingerprint density at radius 3 is 2.11 bits per heavy atom. The topological polar surface area (TPSA) is 25.8 Å². The number of nitrogens with zero attached hydrogens (tertiary/aromatic N) is 2. The molecule has 0 aliphatic carbocycles. The van der Waals surface area contributed by atoms with E-state index in [1.807, 2.05) is 0 Å². The van der Waals surface area contributed by atoms with E-state index in [4.69, 9.17) is 0 Å².